The topological polar surface area (TPSA) is 37.8 Å². The zero-order valence-electron chi connectivity index (χ0n) is 7.95. The van der Waals surface area contributed by atoms with Gasteiger partial charge in [-0.15, -0.1) is 11.3 Å². The second-order valence-corrected chi connectivity index (χ2v) is 4.94. The van der Waals surface area contributed by atoms with Gasteiger partial charge in [0.15, 0.2) is 0 Å². The van der Waals surface area contributed by atoms with E-state index in [1.54, 1.807) is 17.7 Å². The molecule has 0 aliphatic heterocycles. The second-order valence-electron chi connectivity index (χ2n) is 4.05. The number of hydrogen-bond donors (Lipinski definition) is 1. The lowest BCUT2D eigenvalue weighted by Crippen LogP contribution is -2.16. The van der Waals surface area contributed by atoms with Crippen molar-refractivity contribution < 1.29 is 0 Å². The first-order valence-electron chi connectivity index (χ1n) is 4.73. The van der Waals surface area contributed by atoms with Crippen molar-refractivity contribution in [3.8, 4) is 0 Å². The first-order chi connectivity index (χ1) is 6.77. The van der Waals surface area contributed by atoms with Crippen molar-refractivity contribution >= 4 is 27.4 Å². The first-order valence-corrected chi connectivity index (χ1v) is 5.61. The van der Waals surface area contributed by atoms with Crippen molar-refractivity contribution in [1.82, 2.24) is 9.97 Å². The maximum absolute atomic E-state index is 4.29. The molecule has 1 aliphatic rings. The highest BCUT2D eigenvalue weighted by Crippen LogP contribution is 2.39. The maximum atomic E-state index is 4.29. The normalized spacial score (nSPS) is 18.4. The molecule has 1 fully saturated rings. The van der Waals surface area contributed by atoms with Gasteiger partial charge in [0.2, 0.25) is 0 Å². The van der Waals surface area contributed by atoms with Gasteiger partial charge >= 0.3 is 0 Å². The van der Waals surface area contributed by atoms with Gasteiger partial charge in [-0.2, -0.15) is 0 Å². The summed E-state index contributed by atoms with van der Waals surface area (Å²) in [6.45, 7) is 2.23. The van der Waals surface area contributed by atoms with Gasteiger partial charge in [-0.1, -0.05) is 0 Å². The van der Waals surface area contributed by atoms with E-state index in [1.807, 2.05) is 0 Å². The van der Waals surface area contributed by atoms with Gasteiger partial charge in [0.05, 0.1) is 5.39 Å². The van der Waals surface area contributed by atoms with Crippen LogP contribution in [-0.4, -0.2) is 15.5 Å². The Bertz CT molecular complexity index is 473. The Hall–Kier alpha value is -1.16. The van der Waals surface area contributed by atoms with E-state index in [-0.39, 0.29) is 5.54 Å². The largest absolute Gasteiger partial charge is 0.364 e. The van der Waals surface area contributed by atoms with Crippen LogP contribution in [0, 0.1) is 0 Å². The molecular formula is C10H11N3S. The summed E-state index contributed by atoms with van der Waals surface area (Å²) in [6, 6.07) is 2.08. The molecule has 0 unspecified atom stereocenters. The summed E-state index contributed by atoms with van der Waals surface area (Å²) in [7, 11) is 0. The fourth-order valence-electron chi connectivity index (χ4n) is 1.49. The van der Waals surface area contributed by atoms with E-state index in [0.717, 1.165) is 16.0 Å². The minimum atomic E-state index is 0.281. The predicted molar refractivity (Wildman–Crippen MR) is 58.7 cm³/mol. The van der Waals surface area contributed by atoms with Gasteiger partial charge < -0.3 is 5.32 Å². The van der Waals surface area contributed by atoms with E-state index in [4.69, 9.17) is 0 Å². The van der Waals surface area contributed by atoms with Crippen LogP contribution in [0.4, 0.5) is 5.82 Å². The first kappa shape index (κ1) is 8.17. The summed E-state index contributed by atoms with van der Waals surface area (Å²) in [5.74, 6) is 0.983. The molecule has 1 saturated carbocycles. The van der Waals surface area contributed by atoms with E-state index in [1.165, 1.54) is 12.8 Å². The van der Waals surface area contributed by atoms with Crippen LogP contribution in [-0.2, 0) is 0 Å². The Labute approximate surface area is 86.2 Å². The summed E-state index contributed by atoms with van der Waals surface area (Å²) >= 11 is 1.66. The van der Waals surface area contributed by atoms with Crippen LogP contribution in [0.5, 0.6) is 0 Å². The standard InChI is InChI=1S/C10H11N3S/c1-10(3-4-10)13-8-7-2-5-14-9(7)12-6-11-8/h2,5-6H,3-4H2,1H3,(H,11,12,13). The fraction of sp³-hybridized carbons (Fsp3) is 0.400. The van der Waals surface area contributed by atoms with Crippen LogP contribution in [0.15, 0.2) is 17.8 Å². The Kier molecular flexibility index (Phi) is 1.56. The third kappa shape index (κ3) is 1.26. The fourth-order valence-corrected chi connectivity index (χ4v) is 2.22. The molecule has 0 amide bonds. The van der Waals surface area contributed by atoms with Gasteiger partial charge in [0, 0.05) is 5.54 Å². The molecule has 0 atom stereocenters. The Morgan fingerprint density at radius 2 is 2.29 bits per heavy atom. The third-order valence-electron chi connectivity index (χ3n) is 2.68. The average Bonchev–Trinajstić information content (AvgIpc) is 2.73. The molecule has 0 aromatic carbocycles. The van der Waals surface area contributed by atoms with Gasteiger partial charge in [0.1, 0.15) is 17.0 Å². The maximum Gasteiger partial charge on any atom is 0.138 e. The second kappa shape index (κ2) is 2.67. The summed E-state index contributed by atoms with van der Waals surface area (Å²) in [5, 5.41) is 6.68. The third-order valence-corrected chi connectivity index (χ3v) is 3.50. The lowest BCUT2D eigenvalue weighted by Gasteiger charge is -2.12. The Balaban J connectivity index is 2.06. The van der Waals surface area contributed by atoms with Crippen molar-refractivity contribution in [2.24, 2.45) is 0 Å². The van der Waals surface area contributed by atoms with Gasteiger partial charge in [-0.25, -0.2) is 9.97 Å². The SMILES string of the molecule is CC1(Nc2ncnc3sccc23)CC1. The average molecular weight is 205 g/mol. The molecule has 2 aromatic rings. The van der Waals surface area contributed by atoms with Crippen molar-refractivity contribution in [3.05, 3.63) is 17.8 Å². The molecule has 14 heavy (non-hydrogen) atoms. The number of fused-ring (bicyclic) bond motifs is 1. The quantitative estimate of drug-likeness (QED) is 0.819. The number of nitrogens with zero attached hydrogens (tertiary/aromatic N) is 2. The van der Waals surface area contributed by atoms with Gasteiger partial charge in [-0.3, -0.25) is 0 Å². The number of anilines is 1. The smallest absolute Gasteiger partial charge is 0.138 e. The van der Waals surface area contributed by atoms with E-state index in [9.17, 15) is 0 Å². The van der Waals surface area contributed by atoms with E-state index in [2.05, 4.69) is 33.7 Å². The Morgan fingerprint density at radius 1 is 1.43 bits per heavy atom. The molecule has 3 nitrogen and oxygen atoms in total. The minimum Gasteiger partial charge on any atom is -0.364 e. The zero-order chi connectivity index (χ0) is 9.60. The molecule has 0 spiro atoms. The monoisotopic (exact) mass is 205 g/mol. The molecule has 2 heterocycles. The summed E-state index contributed by atoms with van der Waals surface area (Å²) < 4.78 is 0. The van der Waals surface area contributed by atoms with Crippen LogP contribution in [0.3, 0.4) is 0 Å². The molecule has 1 aliphatic carbocycles. The lowest BCUT2D eigenvalue weighted by molar-refractivity contribution is 0.822. The van der Waals surface area contributed by atoms with E-state index < -0.39 is 0 Å². The molecular weight excluding hydrogens is 194 g/mol. The zero-order valence-corrected chi connectivity index (χ0v) is 8.77. The molecule has 4 heteroatoms. The number of nitrogens with one attached hydrogen (secondary N) is 1. The number of aromatic nitrogens is 2. The van der Waals surface area contributed by atoms with Crippen LogP contribution < -0.4 is 5.32 Å². The molecule has 72 valence electrons. The minimum absolute atomic E-state index is 0.281. The Morgan fingerprint density at radius 3 is 3.07 bits per heavy atom. The summed E-state index contributed by atoms with van der Waals surface area (Å²) in [6.07, 6.45) is 4.11. The van der Waals surface area contributed by atoms with Gasteiger partial charge in [-0.05, 0) is 31.2 Å². The van der Waals surface area contributed by atoms with Crippen molar-refractivity contribution in [1.29, 1.82) is 0 Å². The highest BCUT2D eigenvalue weighted by molar-refractivity contribution is 7.16. The van der Waals surface area contributed by atoms with Crippen LogP contribution >= 0.6 is 11.3 Å². The van der Waals surface area contributed by atoms with Crippen LogP contribution in [0.1, 0.15) is 19.8 Å². The number of hydrogen-bond acceptors (Lipinski definition) is 4. The summed E-state index contributed by atoms with van der Waals surface area (Å²) in [4.78, 5) is 9.57. The number of rotatable bonds is 2. The molecule has 1 N–H and O–H groups in total. The predicted octanol–water partition coefficient (Wildman–Crippen LogP) is 2.66. The number of thiophene rings is 1. The molecule has 0 radical (unpaired) electrons. The highest BCUT2D eigenvalue weighted by atomic mass is 32.1. The molecule has 0 saturated heterocycles. The molecule has 3 rings (SSSR count). The summed E-state index contributed by atoms with van der Waals surface area (Å²) in [5.41, 5.74) is 0.281. The van der Waals surface area contributed by atoms with Crippen molar-refractivity contribution in [3.63, 3.8) is 0 Å². The molecule has 0 bridgehead atoms. The highest BCUT2D eigenvalue weighted by Gasteiger charge is 2.37. The lowest BCUT2D eigenvalue weighted by atomic mass is 10.3. The van der Waals surface area contributed by atoms with Crippen LogP contribution in [0.2, 0.25) is 0 Å². The van der Waals surface area contributed by atoms with Gasteiger partial charge in [0.25, 0.3) is 0 Å². The van der Waals surface area contributed by atoms with E-state index >= 15 is 0 Å². The van der Waals surface area contributed by atoms with Crippen LogP contribution in [0.25, 0.3) is 10.2 Å². The van der Waals surface area contributed by atoms with Crippen molar-refractivity contribution in [2.45, 2.75) is 25.3 Å². The molecule has 2 aromatic heterocycles. The van der Waals surface area contributed by atoms with E-state index in [0.29, 0.717) is 0 Å². The van der Waals surface area contributed by atoms with Crippen molar-refractivity contribution in [2.75, 3.05) is 5.32 Å².